The molecule has 0 fully saturated rings. The van der Waals surface area contributed by atoms with E-state index in [1.54, 1.807) is 0 Å². The molecule has 166 valence electrons. The molecular weight excluding hydrogens is 514 g/mol. The molecule has 0 atom stereocenters. The minimum atomic E-state index is 0. The van der Waals surface area contributed by atoms with Crippen LogP contribution >= 0.6 is 46.6 Å². The van der Waals surface area contributed by atoms with Gasteiger partial charge in [-0.15, -0.1) is 12.4 Å². The van der Waals surface area contributed by atoms with E-state index in [9.17, 15) is 0 Å². The van der Waals surface area contributed by atoms with Gasteiger partial charge in [0.1, 0.15) is 0 Å². The lowest BCUT2D eigenvalue weighted by atomic mass is 10.1. The Balaban J connectivity index is 0.00000420. The second-order valence-electron chi connectivity index (χ2n) is 8.23. The second-order valence-corrected chi connectivity index (χ2v) is 9.69. The van der Waals surface area contributed by atoms with Gasteiger partial charge in [-0.2, -0.15) is 0 Å². The molecule has 1 aliphatic heterocycles. The smallest absolute Gasteiger partial charge is 0.0963 e. The zero-order chi connectivity index (χ0) is 20.4. The van der Waals surface area contributed by atoms with Gasteiger partial charge in [-0.3, -0.25) is 0 Å². The number of rotatable bonds is 13. The van der Waals surface area contributed by atoms with E-state index in [0.717, 1.165) is 18.2 Å². The topological polar surface area (TPSA) is 6.48 Å². The third-order valence-electron chi connectivity index (χ3n) is 5.84. The van der Waals surface area contributed by atoms with Crippen LogP contribution in [-0.4, -0.2) is 23.0 Å². The molecule has 1 aromatic rings. The molecule has 0 aliphatic carbocycles. The number of nitrogens with zero attached hydrogens (tertiary/aromatic N) is 2. The second kappa shape index (κ2) is 14.8. The van der Waals surface area contributed by atoms with E-state index in [-0.39, 0.29) is 12.4 Å². The van der Waals surface area contributed by atoms with Crippen LogP contribution in [0.5, 0.6) is 0 Å². The van der Waals surface area contributed by atoms with Crippen LogP contribution in [0.15, 0.2) is 27.6 Å². The summed E-state index contributed by atoms with van der Waals surface area (Å²) in [5.41, 5.74) is 4.05. The van der Waals surface area contributed by atoms with E-state index in [0.29, 0.717) is 0 Å². The summed E-state index contributed by atoms with van der Waals surface area (Å²) in [5.74, 6) is 0. The summed E-state index contributed by atoms with van der Waals surface area (Å²) >= 11 is 8.63. The fraction of sp³-hybridized carbons (Fsp3) is 0.667. The molecule has 1 aliphatic rings. The molecule has 1 aromatic carbocycles. The van der Waals surface area contributed by atoms with Crippen LogP contribution in [0.4, 0.5) is 0 Å². The Kier molecular flexibility index (Phi) is 13.7. The lowest BCUT2D eigenvalue weighted by Gasteiger charge is -2.24. The first-order chi connectivity index (χ1) is 13.5. The first kappa shape index (κ1) is 26.9. The predicted molar refractivity (Wildman–Crippen MR) is 139 cm³/mol. The molecule has 0 amide bonds. The summed E-state index contributed by atoms with van der Waals surface area (Å²) in [7, 11) is 0. The number of hydrogen-bond donors (Lipinski definition) is 0. The van der Waals surface area contributed by atoms with Crippen LogP contribution in [-0.2, 0) is 6.54 Å². The molecule has 0 saturated heterocycles. The summed E-state index contributed by atoms with van der Waals surface area (Å²) in [4.78, 5) is 5.04. The first-order valence-electron chi connectivity index (χ1n) is 11.1. The number of unbranched alkanes of at least 4 members (excludes halogenated alkanes) is 9. The number of hydrogen-bond acceptors (Lipinski definition) is 2. The fourth-order valence-corrected chi connectivity index (χ4v) is 4.86. The van der Waals surface area contributed by atoms with Crippen LogP contribution in [0.3, 0.4) is 0 Å². The van der Waals surface area contributed by atoms with Crippen LogP contribution in [0.25, 0.3) is 0 Å². The highest BCUT2D eigenvalue weighted by Crippen LogP contribution is 2.31. The summed E-state index contributed by atoms with van der Waals surface area (Å²) in [6.07, 6.45) is 14.0. The van der Waals surface area contributed by atoms with Crippen LogP contribution in [0, 0.1) is 6.92 Å². The first-order valence-corrected chi connectivity index (χ1v) is 12.6. The van der Waals surface area contributed by atoms with Crippen molar-refractivity contribution in [3.05, 3.63) is 43.7 Å². The third kappa shape index (κ3) is 9.26. The maximum Gasteiger partial charge on any atom is 0.0963 e. The maximum absolute atomic E-state index is 6.11. The molecule has 0 spiro atoms. The van der Waals surface area contributed by atoms with Crippen molar-refractivity contribution in [1.82, 2.24) is 9.80 Å². The highest BCUT2D eigenvalue weighted by Gasteiger charge is 2.24. The van der Waals surface area contributed by atoms with Gasteiger partial charge in [0.25, 0.3) is 0 Å². The molecule has 0 radical (unpaired) electrons. The van der Waals surface area contributed by atoms with Crippen LogP contribution < -0.4 is 0 Å². The fourth-order valence-electron chi connectivity index (χ4n) is 3.90. The molecule has 1 heterocycles. The maximum atomic E-state index is 6.11. The van der Waals surface area contributed by atoms with Crippen molar-refractivity contribution in [1.29, 1.82) is 0 Å². The molecule has 2 nitrogen and oxygen atoms in total. The van der Waals surface area contributed by atoms with E-state index >= 15 is 0 Å². The van der Waals surface area contributed by atoms with Crippen molar-refractivity contribution < 1.29 is 0 Å². The molecule has 5 heteroatoms. The van der Waals surface area contributed by atoms with Crippen LogP contribution in [0.1, 0.15) is 89.2 Å². The third-order valence-corrected chi connectivity index (χ3v) is 7.54. The molecule has 0 bridgehead atoms. The average molecular weight is 553 g/mol. The monoisotopic (exact) mass is 552 g/mol. The lowest BCUT2D eigenvalue weighted by molar-refractivity contribution is 0.244. The molecular formula is C24H39Cl2IN2. The molecule has 0 N–H and O–H groups in total. The normalized spacial score (nSPS) is 14.0. The lowest BCUT2D eigenvalue weighted by Crippen LogP contribution is -2.27. The van der Waals surface area contributed by atoms with Gasteiger partial charge >= 0.3 is 0 Å². The Morgan fingerprint density at radius 3 is 2.07 bits per heavy atom. The van der Waals surface area contributed by atoms with E-state index in [4.69, 9.17) is 11.6 Å². The zero-order valence-electron chi connectivity index (χ0n) is 18.5. The number of halogens is 3. The predicted octanol–water partition coefficient (Wildman–Crippen LogP) is 8.69. The standard InChI is InChI=1S/C24H38ClIN2.ClH/c1-4-5-6-7-8-9-10-11-12-13-16-27-19-28(21(3)24(27)26)18-22-14-15-23(25)17-20(22)2;/h14-15,17H,4-13,16,18-19H2,1-3H3;1H. The highest BCUT2D eigenvalue weighted by molar-refractivity contribution is 14.1. The van der Waals surface area contributed by atoms with Gasteiger partial charge in [0, 0.05) is 23.8 Å². The van der Waals surface area contributed by atoms with E-state index < -0.39 is 0 Å². The van der Waals surface area contributed by atoms with Gasteiger partial charge in [0.05, 0.1) is 10.4 Å². The van der Waals surface area contributed by atoms with Crippen molar-refractivity contribution in [2.24, 2.45) is 0 Å². The minimum absolute atomic E-state index is 0. The summed E-state index contributed by atoms with van der Waals surface area (Å²) < 4.78 is 1.42. The largest absolute Gasteiger partial charge is 0.351 e. The zero-order valence-corrected chi connectivity index (χ0v) is 22.2. The molecule has 29 heavy (non-hydrogen) atoms. The number of aryl methyl sites for hydroxylation is 1. The van der Waals surface area contributed by atoms with E-state index in [1.165, 1.54) is 91.3 Å². The Labute approximate surface area is 204 Å². The SMILES string of the molecule is CCCCCCCCCCCCN1CN(Cc2ccc(Cl)cc2C)C(C)=C1I.Cl. The molecule has 0 saturated carbocycles. The Hall–Kier alpha value is -0.130. The van der Waals surface area contributed by atoms with Gasteiger partial charge in [-0.25, -0.2) is 0 Å². The van der Waals surface area contributed by atoms with Crippen molar-refractivity contribution in [2.45, 2.75) is 91.5 Å². The van der Waals surface area contributed by atoms with Crippen molar-refractivity contribution in [3.8, 4) is 0 Å². The average Bonchev–Trinajstić information content (AvgIpc) is 2.93. The summed E-state index contributed by atoms with van der Waals surface area (Å²) in [6, 6.07) is 6.24. The van der Waals surface area contributed by atoms with E-state index in [1.807, 2.05) is 6.07 Å². The molecule has 0 unspecified atom stereocenters. The quantitative estimate of drug-likeness (QED) is 0.137. The van der Waals surface area contributed by atoms with Crippen molar-refractivity contribution >= 4 is 46.6 Å². The van der Waals surface area contributed by atoms with Crippen LogP contribution in [0.2, 0.25) is 5.02 Å². The van der Waals surface area contributed by atoms with E-state index in [2.05, 4.69) is 65.3 Å². The summed E-state index contributed by atoms with van der Waals surface area (Å²) in [5, 5.41) is 0.826. The van der Waals surface area contributed by atoms with Gasteiger partial charge in [0.2, 0.25) is 0 Å². The Morgan fingerprint density at radius 1 is 0.897 bits per heavy atom. The molecule has 2 rings (SSSR count). The minimum Gasteiger partial charge on any atom is -0.351 e. The van der Waals surface area contributed by atoms with Gasteiger partial charge in [-0.05, 0) is 66.1 Å². The molecule has 0 aromatic heterocycles. The van der Waals surface area contributed by atoms with Crippen molar-refractivity contribution in [2.75, 3.05) is 13.2 Å². The highest BCUT2D eigenvalue weighted by atomic mass is 127. The number of benzene rings is 1. The van der Waals surface area contributed by atoms with Crippen molar-refractivity contribution in [3.63, 3.8) is 0 Å². The van der Waals surface area contributed by atoms with Gasteiger partial charge in [0.15, 0.2) is 0 Å². The number of allylic oxidation sites excluding steroid dienone is 1. The Morgan fingerprint density at radius 2 is 1.48 bits per heavy atom. The van der Waals surface area contributed by atoms with Gasteiger partial charge in [-0.1, -0.05) is 82.4 Å². The van der Waals surface area contributed by atoms with Gasteiger partial charge < -0.3 is 9.80 Å². The Bertz CT molecular complexity index is 633. The summed E-state index contributed by atoms with van der Waals surface area (Å²) in [6.45, 7) is 9.87.